The van der Waals surface area contributed by atoms with Crippen molar-refractivity contribution in [3.05, 3.63) is 70.0 Å². The molecule has 1 saturated heterocycles. The van der Waals surface area contributed by atoms with Gasteiger partial charge in [-0.1, -0.05) is 18.2 Å². The topological polar surface area (TPSA) is 76.1 Å². The fourth-order valence-corrected chi connectivity index (χ4v) is 3.84. The van der Waals surface area contributed by atoms with Gasteiger partial charge in [-0.3, -0.25) is 9.59 Å². The van der Waals surface area contributed by atoms with E-state index < -0.39 is 23.5 Å². The van der Waals surface area contributed by atoms with E-state index in [9.17, 15) is 19.1 Å². The quantitative estimate of drug-likeness (QED) is 0.446. The van der Waals surface area contributed by atoms with Gasteiger partial charge in [0.1, 0.15) is 17.3 Å². The first-order chi connectivity index (χ1) is 14.3. The molecule has 0 aliphatic carbocycles. The van der Waals surface area contributed by atoms with Crippen molar-refractivity contribution in [3.8, 4) is 5.75 Å². The van der Waals surface area contributed by atoms with Gasteiger partial charge >= 0.3 is 0 Å². The van der Waals surface area contributed by atoms with Crippen LogP contribution in [0.1, 0.15) is 28.3 Å². The zero-order chi connectivity index (χ0) is 22.0. The van der Waals surface area contributed by atoms with Crippen molar-refractivity contribution >= 4 is 17.4 Å². The molecule has 1 heterocycles. The van der Waals surface area contributed by atoms with Gasteiger partial charge in [-0.2, -0.15) is 0 Å². The van der Waals surface area contributed by atoms with E-state index in [0.717, 1.165) is 11.1 Å². The number of carbonyl (C=O) groups is 2. The first-order valence-corrected chi connectivity index (χ1v) is 9.48. The van der Waals surface area contributed by atoms with Crippen molar-refractivity contribution < 1.29 is 28.6 Å². The molecule has 1 aliphatic rings. The average Bonchev–Trinajstić information content (AvgIpc) is 2.96. The van der Waals surface area contributed by atoms with Crippen LogP contribution in [0.25, 0.3) is 5.76 Å². The predicted molar refractivity (Wildman–Crippen MR) is 110 cm³/mol. The molecule has 0 saturated carbocycles. The van der Waals surface area contributed by atoms with Gasteiger partial charge in [0.15, 0.2) is 0 Å². The summed E-state index contributed by atoms with van der Waals surface area (Å²) in [5.41, 5.74) is 2.42. The van der Waals surface area contributed by atoms with E-state index in [2.05, 4.69) is 0 Å². The molecular weight excluding hydrogens is 389 g/mol. The van der Waals surface area contributed by atoms with Crippen LogP contribution in [-0.2, 0) is 14.3 Å². The molecular formula is C23H24FNO5. The highest BCUT2D eigenvalue weighted by Crippen LogP contribution is 2.41. The zero-order valence-corrected chi connectivity index (χ0v) is 17.4. The molecule has 3 rings (SSSR count). The summed E-state index contributed by atoms with van der Waals surface area (Å²) in [6.45, 7) is 4.04. The van der Waals surface area contributed by atoms with Gasteiger partial charge in [0.2, 0.25) is 0 Å². The summed E-state index contributed by atoms with van der Waals surface area (Å²) in [7, 11) is 2.97. The van der Waals surface area contributed by atoms with Gasteiger partial charge in [0.25, 0.3) is 11.7 Å². The van der Waals surface area contributed by atoms with Crippen LogP contribution in [0.3, 0.4) is 0 Å². The average molecular weight is 413 g/mol. The molecule has 30 heavy (non-hydrogen) atoms. The van der Waals surface area contributed by atoms with Gasteiger partial charge in [0, 0.05) is 13.7 Å². The van der Waals surface area contributed by atoms with E-state index in [1.165, 1.54) is 43.4 Å². The summed E-state index contributed by atoms with van der Waals surface area (Å²) in [5.74, 6) is -1.90. The molecule has 2 aromatic carbocycles. The number of ketones is 1. The summed E-state index contributed by atoms with van der Waals surface area (Å²) in [5, 5.41) is 11.2. The Kier molecular flexibility index (Phi) is 6.22. The van der Waals surface area contributed by atoms with Crippen LogP contribution in [0.2, 0.25) is 0 Å². The Balaban J connectivity index is 2.25. The molecule has 1 fully saturated rings. The van der Waals surface area contributed by atoms with Crippen molar-refractivity contribution in [1.29, 1.82) is 0 Å². The van der Waals surface area contributed by atoms with E-state index in [4.69, 9.17) is 9.47 Å². The van der Waals surface area contributed by atoms with E-state index in [-0.39, 0.29) is 24.5 Å². The van der Waals surface area contributed by atoms with Crippen LogP contribution in [0.4, 0.5) is 4.39 Å². The molecule has 1 aliphatic heterocycles. The number of hydrogen-bond acceptors (Lipinski definition) is 5. The third-order valence-corrected chi connectivity index (χ3v) is 5.14. The monoisotopic (exact) mass is 413 g/mol. The Bertz CT molecular complexity index is 1010. The fraction of sp³-hybridized carbons (Fsp3) is 0.304. The van der Waals surface area contributed by atoms with Crippen LogP contribution in [0.5, 0.6) is 5.75 Å². The van der Waals surface area contributed by atoms with Crippen molar-refractivity contribution in [1.82, 2.24) is 4.90 Å². The molecule has 1 amide bonds. The van der Waals surface area contributed by atoms with Crippen LogP contribution in [0.15, 0.2) is 42.0 Å². The van der Waals surface area contributed by atoms with Gasteiger partial charge < -0.3 is 19.5 Å². The number of benzene rings is 2. The predicted octanol–water partition coefficient (Wildman–Crippen LogP) is 3.52. The summed E-state index contributed by atoms with van der Waals surface area (Å²) in [4.78, 5) is 27.0. The first-order valence-electron chi connectivity index (χ1n) is 9.48. The highest BCUT2D eigenvalue weighted by atomic mass is 19.1. The number of likely N-dealkylation sites (tertiary alicyclic amines) is 1. The Morgan fingerprint density at radius 2 is 1.80 bits per heavy atom. The van der Waals surface area contributed by atoms with E-state index >= 15 is 0 Å². The number of aryl methyl sites for hydroxylation is 2. The highest BCUT2D eigenvalue weighted by molar-refractivity contribution is 6.46. The second-order valence-corrected chi connectivity index (χ2v) is 7.20. The lowest BCUT2D eigenvalue weighted by atomic mass is 9.93. The van der Waals surface area contributed by atoms with Crippen molar-refractivity contribution in [2.75, 3.05) is 27.4 Å². The molecule has 1 unspecified atom stereocenters. The number of methoxy groups -OCH3 is 2. The second kappa shape index (κ2) is 8.67. The van der Waals surface area contributed by atoms with Gasteiger partial charge in [0.05, 0.1) is 30.9 Å². The van der Waals surface area contributed by atoms with Crippen LogP contribution < -0.4 is 4.74 Å². The smallest absolute Gasteiger partial charge is 0.295 e. The number of ether oxygens (including phenoxy) is 2. The lowest BCUT2D eigenvalue weighted by Crippen LogP contribution is -2.32. The van der Waals surface area contributed by atoms with Crippen LogP contribution in [0, 0.1) is 19.7 Å². The lowest BCUT2D eigenvalue weighted by molar-refractivity contribution is -0.140. The summed E-state index contributed by atoms with van der Waals surface area (Å²) < 4.78 is 24.0. The summed E-state index contributed by atoms with van der Waals surface area (Å²) in [6.07, 6.45) is 0. The molecule has 1 N–H and O–H groups in total. The van der Waals surface area contributed by atoms with Gasteiger partial charge in [-0.15, -0.1) is 0 Å². The second-order valence-electron chi connectivity index (χ2n) is 7.20. The lowest BCUT2D eigenvalue weighted by Gasteiger charge is -2.25. The number of aliphatic hydroxyl groups is 1. The number of amides is 1. The molecule has 2 aromatic rings. The molecule has 6 nitrogen and oxygen atoms in total. The Hall–Kier alpha value is -3.19. The van der Waals surface area contributed by atoms with Gasteiger partial charge in [-0.25, -0.2) is 4.39 Å². The Morgan fingerprint density at radius 1 is 1.13 bits per heavy atom. The van der Waals surface area contributed by atoms with Crippen LogP contribution in [-0.4, -0.2) is 49.1 Å². The number of nitrogens with zero attached hydrogens (tertiary/aromatic N) is 1. The molecule has 158 valence electrons. The number of carbonyl (C=O) groups excluding carboxylic acids is 2. The number of aliphatic hydroxyl groups excluding tert-OH is 1. The molecule has 0 spiro atoms. The molecule has 0 aromatic heterocycles. The number of hydrogen-bond donors (Lipinski definition) is 1. The molecule has 1 atom stereocenters. The third kappa shape index (κ3) is 3.80. The number of halogens is 1. The zero-order valence-electron chi connectivity index (χ0n) is 17.4. The fourth-order valence-electron chi connectivity index (χ4n) is 3.84. The van der Waals surface area contributed by atoms with Crippen molar-refractivity contribution in [2.24, 2.45) is 0 Å². The maximum absolute atomic E-state index is 13.5. The molecule has 0 bridgehead atoms. The van der Waals surface area contributed by atoms with Crippen molar-refractivity contribution in [3.63, 3.8) is 0 Å². The third-order valence-electron chi connectivity index (χ3n) is 5.14. The summed E-state index contributed by atoms with van der Waals surface area (Å²) in [6, 6.07) is 8.23. The van der Waals surface area contributed by atoms with Crippen LogP contribution >= 0.6 is 0 Å². The maximum atomic E-state index is 13.5. The highest BCUT2D eigenvalue weighted by Gasteiger charge is 2.46. The minimum atomic E-state index is -0.869. The minimum Gasteiger partial charge on any atom is -0.507 e. The van der Waals surface area contributed by atoms with Crippen molar-refractivity contribution in [2.45, 2.75) is 19.9 Å². The normalized spacial score (nSPS) is 18.2. The molecule has 7 heteroatoms. The number of rotatable bonds is 6. The van der Waals surface area contributed by atoms with E-state index in [1.54, 1.807) is 6.07 Å². The Morgan fingerprint density at radius 3 is 2.40 bits per heavy atom. The number of Topliss-reactive ketones (excluding diaryl/α,β-unsaturated/α-hetero) is 1. The Labute approximate surface area is 174 Å². The molecule has 0 radical (unpaired) electrons. The maximum Gasteiger partial charge on any atom is 0.295 e. The SMILES string of the molecule is COCCN1C(=O)C(=O)/C(=C(/O)c2cc(C)cc(C)c2OC)C1c1ccc(F)cc1. The largest absolute Gasteiger partial charge is 0.507 e. The minimum absolute atomic E-state index is 0.0639. The summed E-state index contributed by atoms with van der Waals surface area (Å²) >= 11 is 0. The van der Waals surface area contributed by atoms with Gasteiger partial charge in [-0.05, 0) is 48.7 Å². The van der Waals surface area contributed by atoms with E-state index in [1.807, 2.05) is 19.9 Å². The first kappa shape index (κ1) is 21.5. The standard InChI is InChI=1S/C23H24FNO5/c1-13-11-14(2)22(30-4)17(12-13)20(26)18-19(15-5-7-16(24)8-6-15)25(9-10-29-3)23(28)21(18)27/h5-8,11-12,19,26H,9-10H2,1-4H3/b20-18+. The van der Waals surface area contributed by atoms with E-state index in [0.29, 0.717) is 16.9 Å².